The van der Waals surface area contributed by atoms with E-state index in [4.69, 9.17) is 38.9 Å². The second-order valence-electron chi connectivity index (χ2n) is 13.2. The van der Waals surface area contributed by atoms with Gasteiger partial charge in [0.15, 0.2) is 0 Å². The van der Waals surface area contributed by atoms with Gasteiger partial charge in [0.1, 0.15) is 23.0 Å². The first-order chi connectivity index (χ1) is 27.6. The summed E-state index contributed by atoms with van der Waals surface area (Å²) in [5.74, 6) is 2.75. The number of aliphatic imine (C=N–C) groups is 4. The molecule has 0 fully saturated rings. The average molecular weight is 733 g/mol. The summed E-state index contributed by atoms with van der Waals surface area (Å²) in [4.78, 5) is 21.0. The summed E-state index contributed by atoms with van der Waals surface area (Å²) in [7, 11) is 6.74. The van der Waals surface area contributed by atoms with Crippen molar-refractivity contribution in [2.24, 2.45) is 20.0 Å². The van der Waals surface area contributed by atoms with Crippen molar-refractivity contribution in [2.45, 2.75) is 0 Å². The van der Waals surface area contributed by atoms with Gasteiger partial charge in [-0.05, 0) is 72.9 Å². The summed E-state index contributed by atoms with van der Waals surface area (Å²) in [5, 5.41) is 0. The van der Waals surface area contributed by atoms with Gasteiger partial charge in [0.25, 0.3) is 0 Å². The topological polar surface area (TPSA) is 86.4 Å². The Morgan fingerprint density at radius 1 is 0.375 bits per heavy atom. The monoisotopic (exact) mass is 732 g/mol. The van der Waals surface area contributed by atoms with Crippen LogP contribution in [-0.2, 0) is 0 Å². The van der Waals surface area contributed by atoms with E-state index in [-0.39, 0.29) is 0 Å². The van der Waals surface area contributed by atoms with E-state index in [9.17, 15) is 0 Å². The molecule has 0 N–H and O–H groups in total. The number of para-hydroxylation sites is 4. The fourth-order valence-corrected chi connectivity index (χ4v) is 7.55. The van der Waals surface area contributed by atoms with Crippen molar-refractivity contribution in [2.75, 3.05) is 28.4 Å². The third-order valence-corrected chi connectivity index (χ3v) is 10.0. The molecule has 272 valence electrons. The number of fused-ring (bicyclic) bond motifs is 4. The second kappa shape index (κ2) is 14.5. The summed E-state index contributed by atoms with van der Waals surface area (Å²) < 4.78 is 24.2. The Kier molecular flexibility index (Phi) is 8.91. The molecule has 0 saturated carbocycles. The number of hydrogen-bond acceptors (Lipinski definition) is 8. The van der Waals surface area contributed by atoms with E-state index in [2.05, 4.69) is 30.3 Å². The zero-order valence-corrected chi connectivity index (χ0v) is 31.3. The SMILES string of the molecule is COc1ccccc1C1=CC2=CC3=NC(=CC4=NC(=CC5=NC(=C(c6ccccc6OC)C1=N2)C(c1ccccc1OC)=C5c1ccccc1OC)C=C4)C=C3. The molecule has 5 aliphatic heterocycles. The Labute approximate surface area is 325 Å². The Hall–Kier alpha value is -7.32. The predicted octanol–water partition coefficient (Wildman–Crippen LogP) is 9.72. The van der Waals surface area contributed by atoms with Crippen LogP contribution in [0.3, 0.4) is 0 Å². The summed E-state index contributed by atoms with van der Waals surface area (Å²) >= 11 is 0. The highest BCUT2D eigenvalue weighted by Gasteiger charge is 2.36. The van der Waals surface area contributed by atoms with Crippen molar-refractivity contribution in [3.63, 3.8) is 0 Å². The summed E-state index contributed by atoms with van der Waals surface area (Å²) in [6.07, 6.45) is 16.1. The standard InChI is InChI=1S/C48H36N4O4/c1-53-40-17-9-5-13-34(40)38-27-33-26-31-22-21-29(49-31)25-30-23-24-32(50-30)28-39-44(35-14-6-10-18-41(35)54-2)45(36-15-7-11-19-42(36)55-3)48(52-39)46(47(38)51-33)37-16-8-12-20-43(37)56-4/h5-28H,1-4H3. The number of nitrogens with zero attached hydrogens (tertiary/aromatic N) is 4. The largest absolute Gasteiger partial charge is 0.496 e. The van der Waals surface area contributed by atoms with Gasteiger partial charge in [-0.3, -0.25) is 0 Å². The van der Waals surface area contributed by atoms with Gasteiger partial charge in [-0.2, -0.15) is 0 Å². The van der Waals surface area contributed by atoms with Gasteiger partial charge in [0, 0.05) is 44.5 Å². The molecular weight excluding hydrogens is 697 g/mol. The van der Waals surface area contributed by atoms with E-state index in [1.807, 2.05) is 115 Å². The fraction of sp³-hybridized carbons (Fsp3) is 0.0833. The Morgan fingerprint density at radius 3 is 1.38 bits per heavy atom. The molecule has 5 aliphatic rings. The van der Waals surface area contributed by atoms with E-state index in [1.54, 1.807) is 28.4 Å². The lowest BCUT2D eigenvalue weighted by atomic mass is 9.85. The van der Waals surface area contributed by atoms with Crippen LogP contribution in [0.5, 0.6) is 23.0 Å². The molecule has 5 heterocycles. The number of hydrogen-bond donors (Lipinski definition) is 0. The molecule has 0 unspecified atom stereocenters. The molecule has 0 radical (unpaired) electrons. The molecule has 0 aromatic heterocycles. The van der Waals surface area contributed by atoms with Crippen LogP contribution in [0, 0.1) is 0 Å². The fourth-order valence-electron chi connectivity index (χ4n) is 7.55. The molecule has 9 rings (SSSR count). The summed E-state index contributed by atoms with van der Waals surface area (Å²) in [6.45, 7) is 0. The van der Waals surface area contributed by atoms with E-state index < -0.39 is 0 Å². The smallest absolute Gasteiger partial charge is 0.126 e. The number of ether oxygens (including phenoxy) is 4. The van der Waals surface area contributed by atoms with E-state index in [0.29, 0.717) is 40.1 Å². The number of rotatable bonds is 8. The normalized spacial score (nSPS) is 16.8. The van der Waals surface area contributed by atoms with Gasteiger partial charge >= 0.3 is 0 Å². The highest BCUT2D eigenvalue weighted by molar-refractivity contribution is 6.51. The van der Waals surface area contributed by atoms with Crippen LogP contribution in [0.4, 0.5) is 0 Å². The van der Waals surface area contributed by atoms with Crippen molar-refractivity contribution in [3.8, 4) is 23.0 Å². The van der Waals surface area contributed by atoms with E-state index in [1.165, 1.54) is 0 Å². The minimum Gasteiger partial charge on any atom is -0.496 e. The molecule has 0 aliphatic carbocycles. The number of allylic oxidation sites excluding steroid dienone is 12. The van der Waals surface area contributed by atoms with Crippen LogP contribution in [0.25, 0.3) is 22.3 Å². The van der Waals surface area contributed by atoms with Crippen LogP contribution in [0.15, 0.2) is 188 Å². The molecular formula is C48H36N4O4. The van der Waals surface area contributed by atoms with E-state index >= 15 is 0 Å². The molecule has 8 bridgehead atoms. The minimum atomic E-state index is 0.662. The summed E-state index contributed by atoms with van der Waals surface area (Å²) in [6, 6.07) is 32.0. The second-order valence-corrected chi connectivity index (χ2v) is 13.2. The van der Waals surface area contributed by atoms with Crippen LogP contribution >= 0.6 is 0 Å². The lowest BCUT2D eigenvalue weighted by molar-refractivity contribution is 0.413. The van der Waals surface area contributed by atoms with Crippen LogP contribution < -0.4 is 18.9 Å². The lowest BCUT2D eigenvalue weighted by Crippen LogP contribution is -2.09. The molecule has 8 heteroatoms. The Balaban J connectivity index is 1.48. The van der Waals surface area contributed by atoms with E-state index in [0.717, 1.165) is 73.1 Å². The van der Waals surface area contributed by atoms with Crippen molar-refractivity contribution in [1.29, 1.82) is 0 Å². The first kappa shape index (κ1) is 34.4. The Bertz CT molecular complexity index is 2730. The van der Waals surface area contributed by atoms with Gasteiger partial charge in [0.2, 0.25) is 0 Å². The predicted molar refractivity (Wildman–Crippen MR) is 226 cm³/mol. The molecule has 4 aromatic carbocycles. The molecule has 0 spiro atoms. The zero-order valence-electron chi connectivity index (χ0n) is 31.3. The summed E-state index contributed by atoms with van der Waals surface area (Å²) in [5.41, 5.74) is 12.6. The molecule has 8 nitrogen and oxygen atoms in total. The highest BCUT2D eigenvalue weighted by atomic mass is 16.5. The molecule has 56 heavy (non-hydrogen) atoms. The van der Waals surface area contributed by atoms with Crippen molar-refractivity contribution in [1.82, 2.24) is 0 Å². The van der Waals surface area contributed by atoms with Crippen LogP contribution in [0.1, 0.15) is 22.3 Å². The van der Waals surface area contributed by atoms with Gasteiger partial charge in [-0.1, -0.05) is 72.8 Å². The van der Waals surface area contributed by atoms with Crippen molar-refractivity contribution < 1.29 is 18.9 Å². The number of methoxy groups -OCH3 is 4. The molecule has 4 aromatic rings. The third-order valence-electron chi connectivity index (χ3n) is 10.0. The average Bonchev–Trinajstić information content (AvgIpc) is 4.05. The highest BCUT2D eigenvalue weighted by Crippen LogP contribution is 2.50. The maximum absolute atomic E-state index is 6.12. The van der Waals surface area contributed by atoms with Crippen LogP contribution in [0.2, 0.25) is 0 Å². The lowest BCUT2D eigenvalue weighted by Gasteiger charge is -2.20. The first-order valence-corrected chi connectivity index (χ1v) is 18.2. The van der Waals surface area contributed by atoms with Crippen molar-refractivity contribution in [3.05, 3.63) is 191 Å². The van der Waals surface area contributed by atoms with Gasteiger partial charge in [-0.15, -0.1) is 0 Å². The molecule has 0 atom stereocenters. The van der Waals surface area contributed by atoms with Crippen molar-refractivity contribution >= 4 is 45.1 Å². The maximum atomic E-state index is 6.12. The van der Waals surface area contributed by atoms with Gasteiger partial charge in [-0.25, -0.2) is 20.0 Å². The van der Waals surface area contributed by atoms with Gasteiger partial charge < -0.3 is 18.9 Å². The Morgan fingerprint density at radius 2 is 0.821 bits per heavy atom. The number of benzene rings is 4. The molecule has 0 saturated heterocycles. The first-order valence-electron chi connectivity index (χ1n) is 18.2. The third kappa shape index (κ3) is 6.07. The zero-order chi connectivity index (χ0) is 38.2. The minimum absolute atomic E-state index is 0.662. The maximum Gasteiger partial charge on any atom is 0.126 e. The van der Waals surface area contributed by atoms with Gasteiger partial charge in [0.05, 0.1) is 74.1 Å². The molecule has 0 amide bonds. The van der Waals surface area contributed by atoms with Crippen LogP contribution in [-0.4, -0.2) is 51.3 Å². The quantitative estimate of drug-likeness (QED) is 0.181.